The first-order valence-corrected chi connectivity index (χ1v) is 7.00. The number of halogens is 1. The molecule has 0 radical (unpaired) electrons. The molecule has 22 heavy (non-hydrogen) atoms. The molecule has 6 nitrogen and oxygen atoms in total. The van der Waals surface area contributed by atoms with Crippen LogP contribution in [0.3, 0.4) is 0 Å². The molecule has 0 saturated heterocycles. The SMILES string of the molecule is CN(C)CCCN=C(N)NC(=O)c1cc2c(F)cccc2[nH]1. The van der Waals surface area contributed by atoms with Crippen molar-refractivity contribution in [2.75, 3.05) is 27.2 Å². The Morgan fingerprint density at radius 3 is 2.91 bits per heavy atom. The van der Waals surface area contributed by atoms with Gasteiger partial charge in [0.25, 0.3) is 5.91 Å². The Labute approximate surface area is 128 Å². The van der Waals surface area contributed by atoms with E-state index in [1.54, 1.807) is 12.1 Å². The van der Waals surface area contributed by atoms with Crippen molar-refractivity contribution >= 4 is 22.8 Å². The second-order valence-corrected chi connectivity index (χ2v) is 5.26. The molecule has 1 aromatic carbocycles. The van der Waals surface area contributed by atoms with Crippen LogP contribution < -0.4 is 11.1 Å². The molecule has 118 valence electrons. The molecule has 4 N–H and O–H groups in total. The molecule has 2 rings (SSSR count). The first kappa shape index (κ1) is 16.0. The number of aliphatic imine (C=N–C) groups is 1. The van der Waals surface area contributed by atoms with E-state index < -0.39 is 5.91 Å². The number of fused-ring (bicyclic) bond motifs is 1. The number of nitrogens with one attached hydrogen (secondary N) is 2. The van der Waals surface area contributed by atoms with Crippen LogP contribution in [0.25, 0.3) is 10.9 Å². The highest BCUT2D eigenvalue weighted by Gasteiger charge is 2.12. The number of rotatable bonds is 5. The standard InChI is InChI=1S/C15H20FN5O/c1-21(2)8-4-7-18-15(17)20-14(22)13-9-10-11(16)5-3-6-12(10)19-13/h3,5-6,9,19H,4,7-8H2,1-2H3,(H3,17,18,20,22). The minimum atomic E-state index is -0.440. The van der Waals surface area contributed by atoms with Crippen LogP contribution in [0.15, 0.2) is 29.3 Å². The molecule has 0 aliphatic rings. The zero-order chi connectivity index (χ0) is 16.1. The van der Waals surface area contributed by atoms with E-state index in [-0.39, 0.29) is 17.5 Å². The van der Waals surface area contributed by atoms with Crippen LogP contribution in [-0.4, -0.2) is 48.9 Å². The van der Waals surface area contributed by atoms with Gasteiger partial charge in [-0.25, -0.2) is 4.39 Å². The van der Waals surface area contributed by atoms with Gasteiger partial charge in [-0.15, -0.1) is 0 Å². The van der Waals surface area contributed by atoms with Gasteiger partial charge in [0.2, 0.25) is 0 Å². The summed E-state index contributed by atoms with van der Waals surface area (Å²) in [6.45, 7) is 1.43. The number of amides is 1. The number of aromatic nitrogens is 1. The lowest BCUT2D eigenvalue weighted by Crippen LogP contribution is -2.37. The fourth-order valence-corrected chi connectivity index (χ4v) is 2.05. The molecule has 1 amide bonds. The maximum atomic E-state index is 13.6. The summed E-state index contributed by atoms with van der Waals surface area (Å²) in [5.74, 6) is -0.759. The van der Waals surface area contributed by atoms with E-state index in [2.05, 4.69) is 15.3 Å². The molecule has 0 fully saturated rings. The Hall–Kier alpha value is -2.41. The van der Waals surface area contributed by atoms with Gasteiger partial charge >= 0.3 is 0 Å². The Morgan fingerprint density at radius 2 is 2.23 bits per heavy atom. The van der Waals surface area contributed by atoms with E-state index in [0.29, 0.717) is 17.4 Å². The third-order valence-corrected chi connectivity index (χ3v) is 3.14. The van der Waals surface area contributed by atoms with Crippen LogP contribution in [0.1, 0.15) is 16.9 Å². The summed E-state index contributed by atoms with van der Waals surface area (Å²) in [5, 5.41) is 2.86. The van der Waals surface area contributed by atoms with E-state index >= 15 is 0 Å². The largest absolute Gasteiger partial charge is 0.370 e. The van der Waals surface area contributed by atoms with Crippen molar-refractivity contribution in [2.24, 2.45) is 10.7 Å². The molecule has 0 saturated carbocycles. The third-order valence-electron chi connectivity index (χ3n) is 3.14. The molecular formula is C15H20FN5O. The summed E-state index contributed by atoms with van der Waals surface area (Å²) < 4.78 is 13.6. The summed E-state index contributed by atoms with van der Waals surface area (Å²) in [6, 6.07) is 6.09. The van der Waals surface area contributed by atoms with Gasteiger partial charge in [0.05, 0.1) is 0 Å². The number of aromatic amines is 1. The summed E-state index contributed by atoms with van der Waals surface area (Å²) in [6.07, 6.45) is 0.848. The molecular weight excluding hydrogens is 285 g/mol. The van der Waals surface area contributed by atoms with E-state index in [0.717, 1.165) is 13.0 Å². The quantitative estimate of drug-likeness (QED) is 0.442. The lowest BCUT2D eigenvalue weighted by atomic mass is 10.2. The number of H-pyrrole nitrogens is 1. The number of carbonyl (C=O) groups is 1. The molecule has 1 heterocycles. The molecule has 1 aromatic heterocycles. The van der Waals surface area contributed by atoms with E-state index in [4.69, 9.17) is 5.73 Å². The van der Waals surface area contributed by atoms with Crippen molar-refractivity contribution in [1.82, 2.24) is 15.2 Å². The predicted octanol–water partition coefficient (Wildman–Crippen LogP) is 1.30. The Bertz CT molecular complexity index is 692. The summed E-state index contributed by atoms with van der Waals surface area (Å²) >= 11 is 0. The molecule has 7 heteroatoms. The number of guanidine groups is 1. The Morgan fingerprint density at radius 1 is 1.45 bits per heavy atom. The van der Waals surface area contributed by atoms with Crippen LogP contribution >= 0.6 is 0 Å². The summed E-state index contributed by atoms with van der Waals surface area (Å²) in [7, 11) is 3.95. The smallest absolute Gasteiger partial charge is 0.274 e. The zero-order valence-corrected chi connectivity index (χ0v) is 12.7. The third kappa shape index (κ3) is 4.05. The second kappa shape index (κ2) is 7.04. The monoisotopic (exact) mass is 305 g/mol. The highest BCUT2D eigenvalue weighted by atomic mass is 19.1. The van der Waals surface area contributed by atoms with E-state index in [1.165, 1.54) is 12.1 Å². The number of carbonyl (C=O) groups excluding carboxylic acids is 1. The van der Waals surface area contributed by atoms with Crippen molar-refractivity contribution in [2.45, 2.75) is 6.42 Å². The molecule has 0 aliphatic heterocycles. The molecule has 0 aliphatic carbocycles. The van der Waals surface area contributed by atoms with Crippen LogP contribution in [0, 0.1) is 5.82 Å². The summed E-state index contributed by atoms with van der Waals surface area (Å²) in [4.78, 5) is 21.0. The lowest BCUT2D eigenvalue weighted by molar-refractivity contribution is 0.0972. The number of nitrogens with two attached hydrogens (primary N) is 1. The van der Waals surface area contributed by atoms with Crippen molar-refractivity contribution in [3.8, 4) is 0 Å². The van der Waals surface area contributed by atoms with Gasteiger partial charge in [0, 0.05) is 17.4 Å². The average molecular weight is 305 g/mol. The minimum Gasteiger partial charge on any atom is -0.370 e. The fraction of sp³-hybridized carbons (Fsp3) is 0.333. The van der Waals surface area contributed by atoms with Gasteiger partial charge in [0.1, 0.15) is 11.5 Å². The first-order chi connectivity index (χ1) is 10.5. The molecule has 0 spiro atoms. The molecule has 0 unspecified atom stereocenters. The van der Waals surface area contributed by atoms with Crippen LogP contribution in [0.2, 0.25) is 0 Å². The zero-order valence-electron chi connectivity index (χ0n) is 12.7. The van der Waals surface area contributed by atoms with E-state index in [9.17, 15) is 9.18 Å². The van der Waals surface area contributed by atoms with Gasteiger partial charge in [-0.1, -0.05) is 6.07 Å². The van der Waals surface area contributed by atoms with E-state index in [1.807, 2.05) is 19.0 Å². The van der Waals surface area contributed by atoms with Crippen molar-refractivity contribution in [3.63, 3.8) is 0 Å². The van der Waals surface area contributed by atoms with Gasteiger partial charge in [0.15, 0.2) is 5.96 Å². The van der Waals surface area contributed by atoms with Crippen LogP contribution in [0.4, 0.5) is 4.39 Å². The van der Waals surface area contributed by atoms with Crippen LogP contribution in [0.5, 0.6) is 0 Å². The fourth-order valence-electron chi connectivity index (χ4n) is 2.05. The topological polar surface area (TPSA) is 86.5 Å². The second-order valence-electron chi connectivity index (χ2n) is 5.26. The maximum absolute atomic E-state index is 13.6. The van der Waals surface area contributed by atoms with Gasteiger partial charge in [-0.3, -0.25) is 15.1 Å². The van der Waals surface area contributed by atoms with Crippen molar-refractivity contribution < 1.29 is 9.18 Å². The highest BCUT2D eigenvalue weighted by molar-refractivity contribution is 6.06. The maximum Gasteiger partial charge on any atom is 0.274 e. The van der Waals surface area contributed by atoms with Crippen LogP contribution in [-0.2, 0) is 0 Å². The summed E-state index contributed by atoms with van der Waals surface area (Å²) in [5.41, 5.74) is 6.47. The first-order valence-electron chi connectivity index (χ1n) is 7.00. The molecule has 0 atom stereocenters. The average Bonchev–Trinajstić information content (AvgIpc) is 2.89. The Balaban J connectivity index is 1.98. The lowest BCUT2D eigenvalue weighted by Gasteiger charge is -2.07. The van der Waals surface area contributed by atoms with Crippen molar-refractivity contribution in [3.05, 3.63) is 35.8 Å². The molecule has 2 aromatic rings. The minimum absolute atomic E-state index is 0.0582. The number of hydrogen-bond donors (Lipinski definition) is 3. The predicted molar refractivity (Wildman–Crippen MR) is 85.4 cm³/mol. The van der Waals surface area contributed by atoms with Gasteiger partial charge in [-0.2, -0.15) is 0 Å². The highest BCUT2D eigenvalue weighted by Crippen LogP contribution is 2.18. The number of benzene rings is 1. The number of nitrogens with zero attached hydrogens (tertiary/aromatic N) is 2. The molecule has 0 bridgehead atoms. The van der Waals surface area contributed by atoms with Gasteiger partial charge in [-0.05, 0) is 45.3 Å². The normalized spacial score (nSPS) is 12.1. The Kier molecular flexibility index (Phi) is 5.11. The van der Waals surface area contributed by atoms with Gasteiger partial charge < -0.3 is 15.6 Å². The van der Waals surface area contributed by atoms with Crippen molar-refractivity contribution in [1.29, 1.82) is 0 Å². The number of hydrogen-bond acceptors (Lipinski definition) is 3.